The summed E-state index contributed by atoms with van der Waals surface area (Å²) >= 11 is 1.67. The van der Waals surface area contributed by atoms with Crippen molar-refractivity contribution in [3.05, 3.63) is 47.9 Å². The Balaban J connectivity index is 1.13. The van der Waals surface area contributed by atoms with Crippen molar-refractivity contribution in [2.45, 2.75) is 68.7 Å². The molecule has 0 saturated carbocycles. The first-order valence-corrected chi connectivity index (χ1v) is 12.8. The fourth-order valence-corrected chi connectivity index (χ4v) is 5.07. The summed E-state index contributed by atoms with van der Waals surface area (Å²) in [6, 6.07) is 6.05. The summed E-state index contributed by atoms with van der Waals surface area (Å²) in [4.78, 5) is 5.09. The molecule has 1 N–H and O–H groups in total. The smallest absolute Gasteiger partial charge is 0.380 e. The molecular weight excluding hydrogens is 463 g/mol. The van der Waals surface area contributed by atoms with Crippen molar-refractivity contribution in [3.8, 4) is 0 Å². The first-order valence-electron chi connectivity index (χ1n) is 11.8. The van der Waals surface area contributed by atoms with Crippen LogP contribution in [0.2, 0.25) is 0 Å². The van der Waals surface area contributed by atoms with E-state index in [1.54, 1.807) is 18.0 Å². The molecule has 3 heterocycles. The number of alkyl halides is 3. The Labute approximate surface area is 201 Å². The van der Waals surface area contributed by atoms with Crippen LogP contribution in [-0.4, -0.2) is 45.0 Å². The molecule has 2 aromatic heterocycles. The monoisotopic (exact) mass is 493 g/mol. The van der Waals surface area contributed by atoms with E-state index in [9.17, 15) is 13.2 Å². The number of benzene rings is 1. The molecule has 1 atom stereocenters. The van der Waals surface area contributed by atoms with Crippen LogP contribution in [0.4, 0.5) is 13.2 Å². The number of thioether (sulfide) groups is 1. The van der Waals surface area contributed by atoms with E-state index >= 15 is 0 Å². The Morgan fingerprint density at radius 1 is 1.15 bits per heavy atom. The van der Waals surface area contributed by atoms with Crippen molar-refractivity contribution >= 4 is 22.7 Å². The fourth-order valence-electron chi connectivity index (χ4n) is 4.02. The van der Waals surface area contributed by atoms with Gasteiger partial charge >= 0.3 is 6.18 Å². The molecule has 10 heteroatoms. The highest BCUT2D eigenvalue weighted by atomic mass is 32.2. The number of fused-ring (bicyclic) bond motifs is 1. The van der Waals surface area contributed by atoms with E-state index in [4.69, 9.17) is 4.74 Å². The number of pyridine rings is 1. The third-order valence-corrected chi connectivity index (χ3v) is 7.05. The van der Waals surface area contributed by atoms with Crippen LogP contribution in [0.25, 0.3) is 10.9 Å². The molecule has 0 aliphatic carbocycles. The molecule has 0 spiro atoms. The van der Waals surface area contributed by atoms with Gasteiger partial charge in [-0.2, -0.15) is 13.2 Å². The molecule has 1 aliphatic rings. The van der Waals surface area contributed by atoms with Gasteiger partial charge in [-0.25, -0.2) is 0 Å². The fraction of sp³-hybridized carbons (Fsp3) is 0.542. The van der Waals surface area contributed by atoms with E-state index in [0.717, 1.165) is 92.1 Å². The summed E-state index contributed by atoms with van der Waals surface area (Å²) in [6.07, 6.45) is 5.75. The van der Waals surface area contributed by atoms with Gasteiger partial charge in [-0.05, 0) is 49.6 Å². The van der Waals surface area contributed by atoms with E-state index in [1.807, 2.05) is 16.9 Å². The maximum absolute atomic E-state index is 12.9. The van der Waals surface area contributed by atoms with Gasteiger partial charge in [0.15, 0.2) is 0 Å². The normalized spacial score (nSPS) is 16.9. The van der Waals surface area contributed by atoms with Crippen molar-refractivity contribution in [3.63, 3.8) is 0 Å². The Bertz CT molecular complexity index is 1050. The quantitative estimate of drug-likeness (QED) is 0.282. The van der Waals surface area contributed by atoms with Crippen LogP contribution in [-0.2, 0) is 24.0 Å². The maximum atomic E-state index is 12.9. The second-order valence-electron chi connectivity index (χ2n) is 8.57. The van der Waals surface area contributed by atoms with Gasteiger partial charge in [-0.1, -0.05) is 24.1 Å². The zero-order chi connectivity index (χ0) is 23.8. The van der Waals surface area contributed by atoms with Crippen LogP contribution < -0.4 is 5.32 Å². The van der Waals surface area contributed by atoms with E-state index in [0.29, 0.717) is 18.1 Å². The standard InChI is InChI=1S/C24H30F3N5OS/c25-24(26,27)18-7-8-21-22(14-18)28-10-9-23(21)34-13-4-2-1-3-11-32-16-20(30-31-32)15-29-19-6-5-12-33-17-19/h7-10,14,16,19,29H,1-6,11-13,15,17H2. The zero-order valence-corrected chi connectivity index (χ0v) is 19.9. The SMILES string of the molecule is FC(F)(F)c1ccc2c(SCCCCCCn3cc(CNC4CCCOC4)nn3)ccnc2c1. The minimum absolute atomic E-state index is 0.384. The number of rotatable bonds is 11. The van der Waals surface area contributed by atoms with Gasteiger partial charge in [0.2, 0.25) is 0 Å². The average molecular weight is 494 g/mol. The molecule has 3 aromatic rings. The highest BCUT2D eigenvalue weighted by molar-refractivity contribution is 7.99. The number of ether oxygens (including phenoxy) is 1. The Morgan fingerprint density at radius 2 is 2.03 bits per heavy atom. The number of nitrogens with zero attached hydrogens (tertiary/aromatic N) is 4. The predicted molar refractivity (Wildman–Crippen MR) is 127 cm³/mol. The summed E-state index contributed by atoms with van der Waals surface area (Å²) in [5.74, 6) is 0.921. The van der Waals surface area contributed by atoms with Crippen LogP contribution in [0.15, 0.2) is 41.6 Å². The number of aromatic nitrogens is 4. The number of hydrogen-bond acceptors (Lipinski definition) is 6. The molecule has 184 valence electrons. The summed E-state index contributed by atoms with van der Waals surface area (Å²) in [5, 5.41) is 12.7. The van der Waals surface area contributed by atoms with Gasteiger partial charge < -0.3 is 10.1 Å². The van der Waals surface area contributed by atoms with E-state index in [2.05, 4.69) is 20.6 Å². The average Bonchev–Trinajstić information content (AvgIpc) is 3.29. The highest BCUT2D eigenvalue weighted by Gasteiger charge is 2.30. The first-order chi connectivity index (χ1) is 16.5. The molecule has 34 heavy (non-hydrogen) atoms. The van der Waals surface area contributed by atoms with E-state index in [-0.39, 0.29) is 0 Å². The van der Waals surface area contributed by atoms with Crippen LogP contribution in [0, 0.1) is 0 Å². The van der Waals surface area contributed by atoms with Crippen molar-refractivity contribution in [2.24, 2.45) is 0 Å². The predicted octanol–water partition coefficient (Wildman–Crippen LogP) is 5.47. The number of hydrogen-bond donors (Lipinski definition) is 1. The van der Waals surface area contributed by atoms with Crippen molar-refractivity contribution in [1.29, 1.82) is 0 Å². The molecule has 0 bridgehead atoms. The molecule has 1 aliphatic heterocycles. The van der Waals surface area contributed by atoms with Gasteiger partial charge in [-0.15, -0.1) is 16.9 Å². The molecular formula is C24H30F3N5OS. The molecule has 1 fully saturated rings. The lowest BCUT2D eigenvalue weighted by atomic mass is 10.1. The third-order valence-electron chi connectivity index (χ3n) is 5.89. The number of aryl methyl sites for hydroxylation is 1. The molecule has 6 nitrogen and oxygen atoms in total. The Kier molecular flexibility index (Phi) is 8.80. The van der Waals surface area contributed by atoms with Gasteiger partial charge in [0.1, 0.15) is 0 Å². The Morgan fingerprint density at radius 3 is 2.85 bits per heavy atom. The molecule has 1 saturated heterocycles. The molecule has 0 amide bonds. The van der Waals surface area contributed by atoms with Gasteiger partial charge in [-0.3, -0.25) is 9.67 Å². The number of nitrogens with one attached hydrogen (secondary N) is 1. The molecule has 4 rings (SSSR count). The van der Waals surface area contributed by atoms with Crippen LogP contribution in [0.3, 0.4) is 0 Å². The third kappa shape index (κ3) is 7.16. The minimum Gasteiger partial charge on any atom is -0.380 e. The van der Waals surface area contributed by atoms with Crippen LogP contribution in [0.5, 0.6) is 0 Å². The van der Waals surface area contributed by atoms with Gasteiger partial charge in [0, 0.05) is 48.4 Å². The van der Waals surface area contributed by atoms with Gasteiger partial charge in [0.25, 0.3) is 0 Å². The van der Waals surface area contributed by atoms with Crippen LogP contribution in [0.1, 0.15) is 49.8 Å². The Hall–Kier alpha value is -2.17. The molecule has 1 aromatic carbocycles. The number of unbranched alkanes of at least 4 members (excludes halogenated alkanes) is 3. The number of halogens is 3. The summed E-state index contributed by atoms with van der Waals surface area (Å²) < 4.78 is 46.2. The topological polar surface area (TPSA) is 64.9 Å². The minimum atomic E-state index is -4.35. The zero-order valence-electron chi connectivity index (χ0n) is 19.1. The lowest BCUT2D eigenvalue weighted by Gasteiger charge is -2.22. The van der Waals surface area contributed by atoms with E-state index < -0.39 is 11.7 Å². The maximum Gasteiger partial charge on any atom is 0.416 e. The molecule has 1 unspecified atom stereocenters. The van der Waals surface area contributed by atoms with Crippen LogP contribution >= 0.6 is 11.8 Å². The second-order valence-corrected chi connectivity index (χ2v) is 9.71. The summed E-state index contributed by atoms with van der Waals surface area (Å²) in [7, 11) is 0. The van der Waals surface area contributed by atoms with Crippen molar-refractivity contribution in [2.75, 3.05) is 19.0 Å². The lowest BCUT2D eigenvalue weighted by Crippen LogP contribution is -2.36. The summed E-state index contributed by atoms with van der Waals surface area (Å²) in [6.45, 7) is 3.19. The second kappa shape index (κ2) is 12.0. The lowest BCUT2D eigenvalue weighted by molar-refractivity contribution is -0.137. The summed E-state index contributed by atoms with van der Waals surface area (Å²) in [5.41, 5.74) is 0.674. The first kappa shape index (κ1) is 24.9. The van der Waals surface area contributed by atoms with Crippen molar-refractivity contribution in [1.82, 2.24) is 25.3 Å². The highest BCUT2D eigenvalue weighted by Crippen LogP contribution is 2.34. The molecule has 0 radical (unpaired) electrons. The largest absolute Gasteiger partial charge is 0.416 e. The van der Waals surface area contributed by atoms with E-state index in [1.165, 1.54) is 6.07 Å². The van der Waals surface area contributed by atoms with Crippen molar-refractivity contribution < 1.29 is 17.9 Å². The van der Waals surface area contributed by atoms with Gasteiger partial charge in [0.05, 0.1) is 23.4 Å².